The smallest absolute Gasteiger partial charge is 0.315 e. The van der Waals surface area contributed by atoms with Crippen LogP contribution < -0.4 is 0 Å². The third kappa shape index (κ3) is 2.78. The van der Waals surface area contributed by atoms with Gasteiger partial charge in [0.15, 0.2) is 11.6 Å². The maximum absolute atomic E-state index is 12.8. The Kier molecular flexibility index (Phi) is 4.67. The molecule has 0 aliphatic heterocycles. The van der Waals surface area contributed by atoms with Gasteiger partial charge in [-0.2, -0.15) is 0 Å². The average molecular weight is 374 g/mol. The van der Waals surface area contributed by atoms with E-state index in [1.54, 1.807) is 13.0 Å². The van der Waals surface area contributed by atoms with E-state index in [0.29, 0.717) is 24.0 Å². The third-order valence-electron chi connectivity index (χ3n) is 6.84. The molecule has 6 nitrogen and oxygen atoms in total. The van der Waals surface area contributed by atoms with E-state index in [0.717, 1.165) is 0 Å². The number of ether oxygens (including phenoxy) is 1. The molecule has 1 N–H and O–H groups in total. The normalized spacial score (nSPS) is 36.0. The highest BCUT2D eigenvalue weighted by Crippen LogP contribution is 2.60. The van der Waals surface area contributed by atoms with Gasteiger partial charge in [0, 0.05) is 18.3 Å². The van der Waals surface area contributed by atoms with E-state index in [4.69, 9.17) is 9.15 Å². The Hall–Kier alpha value is -2.21. The summed E-state index contributed by atoms with van der Waals surface area (Å²) < 4.78 is 9.94. The first-order chi connectivity index (χ1) is 12.6. The van der Waals surface area contributed by atoms with Gasteiger partial charge in [-0.3, -0.25) is 14.4 Å². The number of Topliss-reactive ketones (excluding diaryl/α,β-unsaturated/α-hetero) is 1. The minimum Gasteiger partial charge on any atom is -0.472 e. The number of fused-ring (bicyclic) bond motifs is 1. The van der Waals surface area contributed by atoms with Crippen molar-refractivity contribution in [3.05, 3.63) is 35.8 Å². The summed E-state index contributed by atoms with van der Waals surface area (Å²) in [6, 6.07) is 1.60. The Morgan fingerprint density at radius 3 is 2.67 bits per heavy atom. The molecule has 1 fully saturated rings. The molecular formula is C21H26O6. The van der Waals surface area contributed by atoms with Crippen LogP contribution in [0.5, 0.6) is 0 Å². The number of furan rings is 1. The van der Waals surface area contributed by atoms with Crippen LogP contribution in [0.3, 0.4) is 0 Å². The number of ketones is 2. The molecule has 0 radical (unpaired) electrons. The zero-order chi connectivity index (χ0) is 20.0. The highest BCUT2D eigenvalue weighted by molar-refractivity contribution is 5.99. The molecule has 3 rings (SSSR count). The minimum atomic E-state index is -1.52. The topological polar surface area (TPSA) is 93.8 Å². The summed E-state index contributed by atoms with van der Waals surface area (Å²) in [4.78, 5) is 37.9. The van der Waals surface area contributed by atoms with Crippen LogP contribution in [0.2, 0.25) is 0 Å². The van der Waals surface area contributed by atoms with E-state index >= 15 is 0 Å². The lowest BCUT2D eigenvalue weighted by molar-refractivity contribution is -0.176. The van der Waals surface area contributed by atoms with E-state index in [1.165, 1.54) is 25.7 Å². The number of carbonyl (C=O) groups excluding carboxylic acids is 3. The van der Waals surface area contributed by atoms with Gasteiger partial charge in [-0.05, 0) is 43.4 Å². The first kappa shape index (κ1) is 19.5. The van der Waals surface area contributed by atoms with Gasteiger partial charge in [-0.15, -0.1) is 0 Å². The first-order valence-corrected chi connectivity index (χ1v) is 9.20. The number of esters is 1. The summed E-state index contributed by atoms with van der Waals surface area (Å²) in [5.74, 6) is -0.922. The highest BCUT2D eigenvalue weighted by atomic mass is 16.5. The lowest BCUT2D eigenvalue weighted by Gasteiger charge is -2.56. The zero-order valence-electron chi connectivity index (χ0n) is 16.2. The van der Waals surface area contributed by atoms with Crippen LogP contribution in [0, 0.1) is 16.7 Å². The van der Waals surface area contributed by atoms with Crippen LogP contribution in [0.1, 0.15) is 56.8 Å². The summed E-state index contributed by atoms with van der Waals surface area (Å²) in [7, 11) is 1.26. The van der Waals surface area contributed by atoms with Crippen molar-refractivity contribution < 1.29 is 28.6 Å². The minimum absolute atomic E-state index is 0.0488. The van der Waals surface area contributed by atoms with Crippen LogP contribution in [-0.2, 0) is 14.3 Å². The van der Waals surface area contributed by atoms with Gasteiger partial charge in [0.1, 0.15) is 17.3 Å². The zero-order valence-corrected chi connectivity index (χ0v) is 16.2. The second-order valence-electron chi connectivity index (χ2n) is 8.35. The molecule has 1 aromatic heterocycles. The molecule has 0 unspecified atom stereocenters. The molecular weight excluding hydrogens is 348 g/mol. The maximum Gasteiger partial charge on any atom is 0.315 e. The molecule has 4 atom stereocenters. The lowest BCUT2D eigenvalue weighted by atomic mass is 9.49. The van der Waals surface area contributed by atoms with Crippen molar-refractivity contribution in [2.75, 3.05) is 7.11 Å². The van der Waals surface area contributed by atoms with Crippen molar-refractivity contribution in [3.8, 4) is 0 Å². The number of hydrogen-bond acceptors (Lipinski definition) is 6. The molecule has 0 saturated heterocycles. The average Bonchev–Trinajstić information content (AvgIpc) is 3.15. The van der Waals surface area contributed by atoms with E-state index in [-0.39, 0.29) is 30.3 Å². The molecule has 0 aromatic carbocycles. The Bertz CT molecular complexity index is 807. The van der Waals surface area contributed by atoms with Crippen molar-refractivity contribution in [1.29, 1.82) is 0 Å². The van der Waals surface area contributed by atoms with Crippen molar-refractivity contribution in [1.82, 2.24) is 0 Å². The fourth-order valence-electron chi connectivity index (χ4n) is 4.78. The highest BCUT2D eigenvalue weighted by Gasteiger charge is 2.64. The van der Waals surface area contributed by atoms with Gasteiger partial charge in [0.05, 0.1) is 18.9 Å². The fourth-order valence-corrected chi connectivity index (χ4v) is 4.78. The van der Waals surface area contributed by atoms with Gasteiger partial charge in [0.2, 0.25) is 0 Å². The van der Waals surface area contributed by atoms with Crippen LogP contribution in [0.15, 0.2) is 34.7 Å². The van der Waals surface area contributed by atoms with Crippen LogP contribution >= 0.6 is 0 Å². The molecule has 27 heavy (non-hydrogen) atoms. The number of rotatable bonds is 4. The van der Waals surface area contributed by atoms with Gasteiger partial charge >= 0.3 is 5.97 Å². The SMILES string of the molecule is COC(=O)[C@@]1(C)CC(=O)C=C2[C@]1(O)CC[C@@H](C)[C@]2(C)CC(=O)c1ccoc1. The molecule has 2 aliphatic carbocycles. The summed E-state index contributed by atoms with van der Waals surface area (Å²) in [6.45, 7) is 5.48. The molecule has 0 spiro atoms. The Labute approximate surface area is 158 Å². The monoisotopic (exact) mass is 374 g/mol. The second-order valence-corrected chi connectivity index (χ2v) is 8.35. The van der Waals surface area contributed by atoms with Crippen molar-refractivity contribution in [2.45, 2.75) is 52.1 Å². The molecule has 1 aromatic rings. The Morgan fingerprint density at radius 1 is 1.37 bits per heavy atom. The standard InChI is InChI=1S/C21H26O6/c1-13-5-7-21(25)17(9-15(22)10-20(21,3)18(24)26-4)19(13,2)11-16(23)14-6-8-27-12-14/h6,8-9,12-13,25H,5,7,10-11H2,1-4H3/t13-,19+,20-,21-/m1/s1. The molecule has 1 heterocycles. The van der Waals surface area contributed by atoms with Crippen LogP contribution in [-0.4, -0.2) is 35.4 Å². The molecule has 146 valence electrons. The largest absolute Gasteiger partial charge is 0.472 e. The first-order valence-electron chi connectivity index (χ1n) is 9.20. The summed E-state index contributed by atoms with van der Waals surface area (Å²) in [6.07, 6.45) is 5.26. The van der Waals surface area contributed by atoms with E-state index in [1.807, 2.05) is 13.8 Å². The van der Waals surface area contributed by atoms with Gasteiger partial charge < -0.3 is 14.3 Å². The van der Waals surface area contributed by atoms with Gasteiger partial charge in [-0.1, -0.05) is 13.8 Å². The molecule has 6 heteroatoms. The lowest BCUT2D eigenvalue weighted by Crippen LogP contribution is -2.62. The fraction of sp³-hybridized carbons (Fsp3) is 0.571. The summed E-state index contributed by atoms with van der Waals surface area (Å²) in [5.41, 5.74) is -2.73. The molecule has 1 saturated carbocycles. The Morgan fingerprint density at radius 2 is 2.07 bits per heavy atom. The third-order valence-corrected chi connectivity index (χ3v) is 6.84. The van der Waals surface area contributed by atoms with Gasteiger partial charge in [-0.25, -0.2) is 0 Å². The number of hydrogen-bond donors (Lipinski definition) is 1. The number of carbonyl (C=O) groups is 3. The van der Waals surface area contributed by atoms with E-state index in [9.17, 15) is 19.5 Å². The summed E-state index contributed by atoms with van der Waals surface area (Å²) in [5, 5.41) is 11.7. The molecule has 0 amide bonds. The predicted octanol–water partition coefficient (Wildman–Crippen LogP) is 3.10. The quantitative estimate of drug-likeness (QED) is 0.643. The summed E-state index contributed by atoms with van der Waals surface area (Å²) >= 11 is 0. The maximum atomic E-state index is 12.8. The molecule has 0 bridgehead atoms. The second kappa shape index (κ2) is 6.44. The van der Waals surface area contributed by atoms with E-state index in [2.05, 4.69) is 0 Å². The van der Waals surface area contributed by atoms with Gasteiger partial charge in [0.25, 0.3) is 0 Å². The van der Waals surface area contributed by atoms with Crippen molar-refractivity contribution in [2.24, 2.45) is 16.7 Å². The van der Waals surface area contributed by atoms with Crippen molar-refractivity contribution >= 4 is 17.5 Å². The van der Waals surface area contributed by atoms with E-state index < -0.39 is 22.4 Å². The Balaban J connectivity index is 2.09. The van der Waals surface area contributed by atoms with Crippen LogP contribution in [0.4, 0.5) is 0 Å². The van der Waals surface area contributed by atoms with Crippen LogP contribution in [0.25, 0.3) is 0 Å². The number of methoxy groups -OCH3 is 1. The predicted molar refractivity (Wildman–Crippen MR) is 96.9 cm³/mol. The molecule has 2 aliphatic rings. The number of aliphatic hydroxyl groups is 1. The number of allylic oxidation sites excluding steroid dienone is 1. The van der Waals surface area contributed by atoms with Crippen molar-refractivity contribution in [3.63, 3.8) is 0 Å².